The molecular weight excluding hydrogens is 278 g/mol. The van der Waals surface area contributed by atoms with Crippen molar-refractivity contribution in [3.63, 3.8) is 0 Å². The van der Waals surface area contributed by atoms with E-state index in [0.717, 1.165) is 19.3 Å². The third-order valence-electron chi connectivity index (χ3n) is 5.62. The fourth-order valence-electron chi connectivity index (χ4n) is 4.09. The number of hydrogen-bond acceptors (Lipinski definition) is 4. The number of hydrogen-bond donors (Lipinski definition) is 1. The fraction of sp³-hybridized carbons (Fsp3) is 0.929. The van der Waals surface area contributed by atoms with Gasteiger partial charge in [0.25, 0.3) is 0 Å². The van der Waals surface area contributed by atoms with E-state index in [1.807, 2.05) is 0 Å². The minimum absolute atomic E-state index is 0.0215. The zero-order valence-corrected chi connectivity index (χ0v) is 12.3. The molecule has 2 heterocycles. The molecule has 5 nitrogen and oxygen atoms in total. The first-order valence-electron chi connectivity index (χ1n) is 7.73. The summed E-state index contributed by atoms with van der Waals surface area (Å²) in [5.41, 5.74) is 0. The van der Waals surface area contributed by atoms with Gasteiger partial charge in [0, 0.05) is 0 Å². The summed E-state index contributed by atoms with van der Waals surface area (Å²) in [7, 11) is -3.47. The monoisotopic (exact) mass is 299 g/mol. The largest absolute Gasteiger partial charge is 0.374 e. The molecular formula is C14H21NO4S. The molecule has 5 atom stereocenters. The number of amides is 1. The molecule has 2 saturated heterocycles. The normalized spacial score (nSPS) is 42.1. The van der Waals surface area contributed by atoms with E-state index in [2.05, 4.69) is 4.72 Å². The van der Waals surface area contributed by atoms with Gasteiger partial charge in [-0.2, -0.15) is 0 Å². The summed E-state index contributed by atoms with van der Waals surface area (Å²) >= 11 is 0. The van der Waals surface area contributed by atoms with Crippen molar-refractivity contribution in [3.05, 3.63) is 0 Å². The van der Waals surface area contributed by atoms with E-state index in [1.165, 1.54) is 6.42 Å². The third-order valence-corrected chi connectivity index (χ3v) is 6.90. The van der Waals surface area contributed by atoms with Crippen molar-refractivity contribution in [1.29, 1.82) is 0 Å². The molecule has 112 valence electrons. The zero-order chi connectivity index (χ0) is 13.9. The first kappa shape index (κ1) is 13.1. The summed E-state index contributed by atoms with van der Waals surface area (Å²) in [5.74, 6) is 1.21. The minimum atomic E-state index is -3.47. The second kappa shape index (κ2) is 4.44. The first-order valence-corrected chi connectivity index (χ1v) is 9.38. The van der Waals surface area contributed by atoms with Gasteiger partial charge in [-0.1, -0.05) is 19.3 Å². The molecule has 2 aliphatic heterocycles. The van der Waals surface area contributed by atoms with Crippen LogP contribution >= 0.6 is 0 Å². The highest BCUT2D eigenvalue weighted by Gasteiger charge is 2.64. The van der Waals surface area contributed by atoms with Gasteiger partial charge in [0.2, 0.25) is 15.9 Å². The standard InChI is InChI=1S/C14H21NO4S/c16-14(11-7-12-9-6-10(9)13(11)19-12)15-20(17,18)5-4-8-2-1-3-8/h8-13H,1-7H2,(H,15,16)/t9-,10+,11-,12+,13+/m1/s1. The zero-order valence-electron chi connectivity index (χ0n) is 11.5. The van der Waals surface area contributed by atoms with Crippen molar-refractivity contribution in [2.24, 2.45) is 23.7 Å². The van der Waals surface area contributed by atoms with Gasteiger partial charge < -0.3 is 4.74 Å². The van der Waals surface area contributed by atoms with Crippen molar-refractivity contribution < 1.29 is 17.9 Å². The van der Waals surface area contributed by atoms with E-state index < -0.39 is 10.0 Å². The van der Waals surface area contributed by atoms with Crippen LogP contribution in [0.15, 0.2) is 0 Å². The highest BCUT2D eigenvalue weighted by atomic mass is 32.2. The Bertz CT molecular complexity index is 527. The summed E-state index contributed by atoms with van der Waals surface area (Å²) in [5, 5.41) is 0. The first-order chi connectivity index (χ1) is 9.53. The van der Waals surface area contributed by atoms with Gasteiger partial charge in [-0.15, -0.1) is 0 Å². The summed E-state index contributed by atoms with van der Waals surface area (Å²) in [6, 6.07) is 0. The molecule has 20 heavy (non-hydrogen) atoms. The van der Waals surface area contributed by atoms with Gasteiger partial charge in [0.1, 0.15) is 0 Å². The topological polar surface area (TPSA) is 72.5 Å². The summed E-state index contributed by atoms with van der Waals surface area (Å²) in [6.45, 7) is 0. The molecule has 0 aromatic carbocycles. The van der Waals surface area contributed by atoms with Crippen LogP contribution in [0.1, 0.15) is 38.5 Å². The Hall–Kier alpha value is -0.620. The number of carbonyl (C=O) groups excluding carboxylic acids is 1. The number of rotatable bonds is 5. The molecule has 4 aliphatic rings. The van der Waals surface area contributed by atoms with Crippen LogP contribution in [0.3, 0.4) is 0 Å². The van der Waals surface area contributed by atoms with E-state index in [9.17, 15) is 13.2 Å². The van der Waals surface area contributed by atoms with Crippen molar-refractivity contribution in [2.75, 3.05) is 5.75 Å². The van der Waals surface area contributed by atoms with Crippen LogP contribution in [0.2, 0.25) is 0 Å². The summed E-state index contributed by atoms with van der Waals surface area (Å²) in [4.78, 5) is 12.2. The summed E-state index contributed by atoms with van der Waals surface area (Å²) in [6.07, 6.45) is 6.20. The van der Waals surface area contributed by atoms with Gasteiger partial charge in [0.15, 0.2) is 0 Å². The molecule has 0 radical (unpaired) electrons. The average molecular weight is 299 g/mol. The van der Waals surface area contributed by atoms with E-state index in [4.69, 9.17) is 4.74 Å². The van der Waals surface area contributed by atoms with Crippen molar-refractivity contribution >= 4 is 15.9 Å². The number of carbonyl (C=O) groups is 1. The number of sulfonamides is 1. The van der Waals surface area contributed by atoms with Gasteiger partial charge in [-0.05, 0) is 37.0 Å². The Morgan fingerprint density at radius 3 is 2.60 bits per heavy atom. The van der Waals surface area contributed by atoms with E-state index >= 15 is 0 Å². The second-order valence-corrected chi connectivity index (χ2v) is 8.76. The van der Waals surface area contributed by atoms with Crippen LogP contribution in [0.25, 0.3) is 0 Å². The Balaban J connectivity index is 1.32. The molecule has 0 unspecified atom stereocenters. The lowest BCUT2D eigenvalue weighted by Gasteiger charge is -2.25. The Morgan fingerprint density at radius 2 is 2.00 bits per heavy atom. The maximum absolute atomic E-state index is 12.2. The van der Waals surface area contributed by atoms with Crippen molar-refractivity contribution in [3.8, 4) is 0 Å². The van der Waals surface area contributed by atoms with Gasteiger partial charge in [-0.3, -0.25) is 9.52 Å². The van der Waals surface area contributed by atoms with Crippen LogP contribution in [0.5, 0.6) is 0 Å². The molecule has 2 bridgehead atoms. The Morgan fingerprint density at radius 1 is 1.20 bits per heavy atom. The predicted molar refractivity (Wildman–Crippen MR) is 72.3 cm³/mol. The maximum atomic E-state index is 12.2. The highest BCUT2D eigenvalue weighted by molar-refractivity contribution is 7.90. The molecule has 2 saturated carbocycles. The molecule has 0 aromatic rings. The van der Waals surface area contributed by atoms with Crippen molar-refractivity contribution in [2.45, 2.75) is 50.7 Å². The lowest BCUT2D eigenvalue weighted by Crippen LogP contribution is -2.41. The smallest absolute Gasteiger partial charge is 0.239 e. The minimum Gasteiger partial charge on any atom is -0.374 e. The molecule has 4 fully saturated rings. The third kappa shape index (κ3) is 2.17. The molecule has 1 N–H and O–H groups in total. The van der Waals surface area contributed by atoms with Crippen LogP contribution in [-0.4, -0.2) is 32.3 Å². The SMILES string of the molecule is O=C(NS(=O)(=O)CCC1CCC1)[C@@H]1C[C@@H]2O[C@H]1[C@H]1C[C@H]12. The molecule has 4 rings (SSSR count). The summed E-state index contributed by atoms with van der Waals surface area (Å²) < 4.78 is 32.0. The Labute approximate surface area is 119 Å². The number of ether oxygens (including phenoxy) is 1. The average Bonchev–Trinajstić information content (AvgIpc) is 2.91. The van der Waals surface area contributed by atoms with Crippen molar-refractivity contribution in [1.82, 2.24) is 4.72 Å². The number of fused-ring (bicyclic) bond motifs is 5. The molecule has 0 spiro atoms. The van der Waals surface area contributed by atoms with Crippen LogP contribution in [0.4, 0.5) is 0 Å². The van der Waals surface area contributed by atoms with E-state index in [-0.39, 0.29) is 29.8 Å². The van der Waals surface area contributed by atoms with Gasteiger partial charge >= 0.3 is 0 Å². The lowest BCUT2D eigenvalue weighted by molar-refractivity contribution is -0.125. The highest BCUT2D eigenvalue weighted by Crippen LogP contribution is 2.60. The van der Waals surface area contributed by atoms with Crippen LogP contribution in [0, 0.1) is 23.7 Å². The quantitative estimate of drug-likeness (QED) is 0.823. The van der Waals surface area contributed by atoms with E-state index in [1.54, 1.807) is 0 Å². The molecule has 0 aromatic heterocycles. The molecule has 6 heteroatoms. The lowest BCUT2D eigenvalue weighted by atomic mass is 9.84. The number of nitrogens with one attached hydrogen (secondary N) is 1. The molecule has 1 amide bonds. The van der Waals surface area contributed by atoms with Crippen LogP contribution in [-0.2, 0) is 19.6 Å². The van der Waals surface area contributed by atoms with Gasteiger partial charge in [0.05, 0.1) is 23.9 Å². The predicted octanol–water partition coefficient (Wildman–Crippen LogP) is 1.05. The van der Waals surface area contributed by atoms with Gasteiger partial charge in [-0.25, -0.2) is 8.42 Å². The maximum Gasteiger partial charge on any atom is 0.239 e. The molecule has 2 aliphatic carbocycles. The van der Waals surface area contributed by atoms with Crippen LogP contribution < -0.4 is 4.72 Å². The second-order valence-electron chi connectivity index (χ2n) is 6.92. The Kier molecular flexibility index (Phi) is 2.90. The van der Waals surface area contributed by atoms with E-state index in [0.29, 0.717) is 30.6 Å². The fourth-order valence-corrected chi connectivity index (χ4v) is 5.30.